The number of carbonyl (C=O) groups is 3. The number of nitrogens with zero attached hydrogens (tertiary/aromatic N) is 3. The molecule has 0 fully saturated rings. The van der Waals surface area contributed by atoms with Crippen LogP contribution in [0.1, 0.15) is 70.6 Å². The normalized spacial score (nSPS) is 12.6. The summed E-state index contributed by atoms with van der Waals surface area (Å²) in [6, 6.07) is 12.6. The van der Waals surface area contributed by atoms with E-state index in [1.165, 1.54) is 33.7 Å². The van der Waals surface area contributed by atoms with E-state index < -0.39 is 29.0 Å². The van der Waals surface area contributed by atoms with Gasteiger partial charge in [0.1, 0.15) is 5.82 Å². The highest BCUT2D eigenvalue weighted by Crippen LogP contribution is 2.29. The summed E-state index contributed by atoms with van der Waals surface area (Å²) >= 11 is 0. The molecule has 3 amide bonds. The number of rotatable bonds is 9. The Balaban J connectivity index is 1.68. The van der Waals surface area contributed by atoms with Gasteiger partial charge in [0, 0.05) is 18.7 Å². The summed E-state index contributed by atoms with van der Waals surface area (Å²) in [6.45, 7) is 4.45. The molecule has 1 aliphatic heterocycles. The van der Waals surface area contributed by atoms with E-state index in [1.54, 1.807) is 24.3 Å². The zero-order valence-corrected chi connectivity index (χ0v) is 20.8. The summed E-state index contributed by atoms with van der Waals surface area (Å²) in [6.07, 6.45) is 2.86. The highest BCUT2D eigenvalue weighted by Gasteiger charge is 2.36. The summed E-state index contributed by atoms with van der Waals surface area (Å²) in [5, 5.41) is 0. The fourth-order valence-electron chi connectivity index (χ4n) is 4.34. The molecule has 1 aliphatic rings. The number of imide groups is 1. The van der Waals surface area contributed by atoms with Crippen molar-refractivity contribution in [2.45, 2.75) is 46.1 Å². The molecule has 0 saturated heterocycles. The number of aromatic nitrogens is 2. The van der Waals surface area contributed by atoms with E-state index in [0.717, 1.165) is 17.7 Å². The summed E-state index contributed by atoms with van der Waals surface area (Å²) < 4.78 is 1.28. The lowest BCUT2D eigenvalue weighted by Crippen LogP contribution is -2.41. The number of nitrogen functional groups attached to an aromatic ring is 1. The standard InChI is InChI=1S/C27H29N5O5/c1-3-5-15-30(21-22(28)31(16-6-4-2)27(37)29-23(21)33)24(34)17-11-13-18(14-12-17)32-25(35)19-9-7-8-10-20(19)26(32)36/h7-14H,3-6,15-16,28H2,1-2H3,(H,29,33,37). The molecule has 3 N–H and O–H groups in total. The quantitative estimate of drug-likeness (QED) is 0.430. The van der Waals surface area contributed by atoms with Crippen LogP contribution >= 0.6 is 0 Å². The molecular weight excluding hydrogens is 474 g/mol. The molecule has 1 aromatic heterocycles. The predicted octanol–water partition coefficient (Wildman–Crippen LogP) is 3.17. The minimum Gasteiger partial charge on any atom is -0.383 e. The number of nitrogens with one attached hydrogen (secondary N) is 1. The maximum Gasteiger partial charge on any atom is 0.330 e. The van der Waals surface area contributed by atoms with Crippen LogP contribution in [0, 0.1) is 0 Å². The lowest BCUT2D eigenvalue weighted by Gasteiger charge is -2.25. The molecule has 10 heteroatoms. The highest BCUT2D eigenvalue weighted by atomic mass is 16.2. The third-order valence-electron chi connectivity index (χ3n) is 6.37. The van der Waals surface area contributed by atoms with Gasteiger partial charge in [-0.25, -0.2) is 9.69 Å². The first kappa shape index (κ1) is 25.6. The van der Waals surface area contributed by atoms with Crippen LogP contribution in [0.15, 0.2) is 58.1 Å². The third-order valence-corrected chi connectivity index (χ3v) is 6.37. The topological polar surface area (TPSA) is 139 Å². The molecule has 0 saturated carbocycles. The monoisotopic (exact) mass is 503 g/mol. The van der Waals surface area contributed by atoms with E-state index in [-0.39, 0.29) is 23.6 Å². The number of H-pyrrole nitrogens is 1. The van der Waals surface area contributed by atoms with E-state index >= 15 is 0 Å². The summed E-state index contributed by atoms with van der Waals surface area (Å²) in [4.78, 5) is 69.0. The largest absolute Gasteiger partial charge is 0.383 e. The van der Waals surface area contributed by atoms with E-state index in [9.17, 15) is 24.0 Å². The third kappa shape index (κ3) is 4.69. The molecule has 0 radical (unpaired) electrons. The van der Waals surface area contributed by atoms with Crippen molar-refractivity contribution < 1.29 is 14.4 Å². The molecule has 0 aliphatic carbocycles. The summed E-state index contributed by atoms with van der Waals surface area (Å²) in [5.74, 6) is -1.41. The van der Waals surface area contributed by atoms with E-state index in [2.05, 4.69) is 4.98 Å². The van der Waals surface area contributed by atoms with Crippen LogP contribution in [-0.4, -0.2) is 33.8 Å². The minimum atomic E-state index is -0.734. The molecule has 37 heavy (non-hydrogen) atoms. The first-order chi connectivity index (χ1) is 17.8. The number of anilines is 3. The molecule has 0 atom stereocenters. The van der Waals surface area contributed by atoms with Crippen molar-refractivity contribution in [1.82, 2.24) is 9.55 Å². The first-order valence-electron chi connectivity index (χ1n) is 12.3. The van der Waals surface area contributed by atoms with Crippen molar-refractivity contribution in [2.75, 3.05) is 22.1 Å². The van der Waals surface area contributed by atoms with Crippen LogP contribution in [0.25, 0.3) is 0 Å². The van der Waals surface area contributed by atoms with Crippen molar-refractivity contribution >= 4 is 34.9 Å². The number of hydrogen-bond donors (Lipinski definition) is 2. The number of unbranched alkanes of at least 4 members (excludes halogenated alkanes) is 2. The van der Waals surface area contributed by atoms with Crippen LogP contribution in [0.5, 0.6) is 0 Å². The number of fused-ring (bicyclic) bond motifs is 1. The van der Waals surface area contributed by atoms with E-state index in [0.29, 0.717) is 36.2 Å². The molecule has 3 aromatic rings. The van der Waals surface area contributed by atoms with Gasteiger partial charge in [-0.3, -0.25) is 28.7 Å². The Kier molecular flexibility index (Phi) is 7.37. The van der Waals surface area contributed by atoms with Crippen molar-refractivity contribution in [2.24, 2.45) is 0 Å². The molecule has 2 heterocycles. The molecule has 4 rings (SSSR count). The Morgan fingerprint density at radius 1 is 0.892 bits per heavy atom. The molecule has 0 bridgehead atoms. The zero-order chi connectivity index (χ0) is 26.7. The molecular formula is C27H29N5O5. The Morgan fingerprint density at radius 2 is 1.49 bits per heavy atom. The van der Waals surface area contributed by atoms with Crippen molar-refractivity contribution in [3.8, 4) is 0 Å². The Labute approximate surface area is 213 Å². The first-order valence-corrected chi connectivity index (χ1v) is 12.3. The van der Waals surface area contributed by atoms with Crippen LogP contribution in [0.4, 0.5) is 17.2 Å². The SMILES string of the molecule is CCCCN(C(=O)c1ccc(N2C(=O)c3ccccc3C2=O)cc1)c1c(N)n(CCCC)c(=O)[nH]c1=O. The molecule has 0 spiro atoms. The second-order valence-electron chi connectivity index (χ2n) is 8.85. The fraction of sp³-hybridized carbons (Fsp3) is 0.296. The zero-order valence-electron chi connectivity index (χ0n) is 20.8. The van der Waals surface area contributed by atoms with Crippen molar-refractivity contribution in [1.29, 1.82) is 0 Å². The van der Waals surface area contributed by atoms with Gasteiger partial charge in [0.2, 0.25) is 0 Å². The lowest BCUT2D eigenvalue weighted by molar-refractivity contribution is 0.0924. The van der Waals surface area contributed by atoms with Gasteiger partial charge in [0.15, 0.2) is 5.69 Å². The van der Waals surface area contributed by atoms with Crippen LogP contribution < -0.4 is 26.8 Å². The van der Waals surface area contributed by atoms with Gasteiger partial charge in [-0.05, 0) is 49.2 Å². The Bertz CT molecular complexity index is 1440. The van der Waals surface area contributed by atoms with E-state index in [4.69, 9.17) is 5.73 Å². The minimum absolute atomic E-state index is 0.0608. The van der Waals surface area contributed by atoms with Crippen molar-refractivity contribution in [3.63, 3.8) is 0 Å². The molecule has 10 nitrogen and oxygen atoms in total. The fourth-order valence-corrected chi connectivity index (χ4v) is 4.34. The van der Waals surface area contributed by atoms with Gasteiger partial charge in [-0.1, -0.05) is 38.8 Å². The average molecular weight is 504 g/mol. The Hall–Kier alpha value is -4.47. The number of benzene rings is 2. The van der Waals surface area contributed by atoms with Crippen molar-refractivity contribution in [3.05, 3.63) is 86.1 Å². The second kappa shape index (κ2) is 10.7. The number of amides is 3. The van der Waals surface area contributed by atoms with Gasteiger partial charge >= 0.3 is 5.69 Å². The van der Waals surface area contributed by atoms with Crippen LogP contribution in [0.2, 0.25) is 0 Å². The van der Waals surface area contributed by atoms with Gasteiger partial charge in [-0.2, -0.15) is 0 Å². The van der Waals surface area contributed by atoms with Gasteiger partial charge in [-0.15, -0.1) is 0 Å². The molecule has 192 valence electrons. The molecule has 0 unspecified atom stereocenters. The maximum atomic E-state index is 13.6. The van der Waals surface area contributed by atoms with Crippen LogP contribution in [-0.2, 0) is 6.54 Å². The summed E-state index contributed by atoms with van der Waals surface area (Å²) in [7, 11) is 0. The van der Waals surface area contributed by atoms with Gasteiger partial charge in [0.25, 0.3) is 23.3 Å². The molecule has 2 aromatic carbocycles. The lowest BCUT2D eigenvalue weighted by atomic mass is 10.1. The number of hydrogen-bond acceptors (Lipinski definition) is 6. The predicted molar refractivity (Wildman–Crippen MR) is 141 cm³/mol. The highest BCUT2D eigenvalue weighted by molar-refractivity contribution is 6.34. The summed E-state index contributed by atoms with van der Waals surface area (Å²) in [5.41, 5.74) is 6.05. The second-order valence-corrected chi connectivity index (χ2v) is 8.85. The number of nitrogens with two attached hydrogens (primary N) is 1. The van der Waals surface area contributed by atoms with E-state index in [1.807, 2.05) is 13.8 Å². The maximum absolute atomic E-state index is 13.6. The number of carbonyl (C=O) groups excluding carboxylic acids is 3. The van der Waals surface area contributed by atoms with Gasteiger partial charge < -0.3 is 10.6 Å². The number of aromatic amines is 1. The Morgan fingerprint density at radius 3 is 2.05 bits per heavy atom. The average Bonchev–Trinajstić information content (AvgIpc) is 3.15. The van der Waals surface area contributed by atoms with Gasteiger partial charge in [0.05, 0.1) is 16.8 Å². The van der Waals surface area contributed by atoms with Crippen LogP contribution in [0.3, 0.4) is 0 Å². The smallest absolute Gasteiger partial charge is 0.330 e.